The summed E-state index contributed by atoms with van der Waals surface area (Å²) in [6.07, 6.45) is 3.69. The van der Waals surface area contributed by atoms with E-state index in [-0.39, 0.29) is 5.54 Å². The lowest BCUT2D eigenvalue weighted by molar-refractivity contribution is 0.317. The van der Waals surface area contributed by atoms with E-state index < -0.39 is 0 Å². The van der Waals surface area contributed by atoms with E-state index in [1.165, 1.54) is 0 Å². The zero-order valence-electron chi connectivity index (χ0n) is 7.96. The lowest BCUT2D eigenvalue weighted by Gasteiger charge is -2.34. The van der Waals surface area contributed by atoms with Crippen molar-refractivity contribution >= 4 is 11.6 Å². The molecule has 1 aliphatic rings. The fourth-order valence-corrected chi connectivity index (χ4v) is 1.94. The van der Waals surface area contributed by atoms with Crippen molar-refractivity contribution in [1.29, 1.82) is 0 Å². The lowest BCUT2D eigenvalue weighted by Crippen LogP contribution is -2.46. The minimum atomic E-state index is -0.219. The number of pyridine rings is 1. The third kappa shape index (κ3) is 1.90. The molecule has 0 saturated carbocycles. The van der Waals surface area contributed by atoms with Crippen LogP contribution in [-0.4, -0.2) is 18.1 Å². The minimum absolute atomic E-state index is 0.219. The first-order valence-corrected chi connectivity index (χ1v) is 5.20. The summed E-state index contributed by atoms with van der Waals surface area (Å²) < 4.78 is 0. The molecule has 0 unspecified atom stereocenters. The van der Waals surface area contributed by atoms with Crippen molar-refractivity contribution in [2.24, 2.45) is 5.73 Å². The molecule has 1 aliphatic heterocycles. The Morgan fingerprint density at radius 3 is 2.64 bits per heavy atom. The first-order chi connectivity index (χ1) is 6.71. The third-order valence-electron chi connectivity index (χ3n) is 2.80. The summed E-state index contributed by atoms with van der Waals surface area (Å²) in [5.41, 5.74) is 7.17. The van der Waals surface area contributed by atoms with Gasteiger partial charge >= 0.3 is 0 Å². The molecule has 0 atom stereocenters. The molecule has 3 N–H and O–H groups in total. The van der Waals surface area contributed by atoms with Gasteiger partial charge in [0.05, 0.1) is 0 Å². The molecule has 14 heavy (non-hydrogen) atoms. The molecule has 0 aliphatic carbocycles. The highest BCUT2D eigenvalue weighted by molar-refractivity contribution is 6.29. The van der Waals surface area contributed by atoms with Crippen molar-refractivity contribution in [2.45, 2.75) is 18.4 Å². The summed E-state index contributed by atoms with van der Waals surface area (Å²) in [6.45, 7) is 1.94. The molecule has 1 aromatic rings. The smallest absolute Gasteiger partial charge is 0.129 e. The van der Waals surface area contributed by atoms with Gasteiger partial charge in [-0.25, -0.2) is 4.98 Å². The van der Waals surface area contributed by atoms with Gasteiger partial charge in [-0.2, -0.15) is 0 Å². The van der Waals surface area contributed by atoms with Crippen LogP contribution in [0.5, 0.6) is 0 Å². The van der Waals surface area contributed by atoms with Crippen molar-refractivity contribution in [1.82, 2.24) is 10.3 Å². The molecule has 4 heteroatoms. The number of nitrogens with one attached hydrogen (secondary N) is 1. The maximum atomic E-state index is 6.31. The largest absolute Gasteiger partial charge is 0.321 e. The second-order valence-electron chi connectivity index (χ2n) is 3.78. The van der Waals surface area contributed by atoms with Crippen LogP contribution in [0.15, 0.2) is 18.3 Å². The molecule has 1 aromatic heterocycles. The Morgan fingerprint density at radius 2 is 2.07 bits per heavy atom. The minimum Gasteiger partial charge on any atom is -0.321 e. The second kappa shape index (κ2) is 3.85. The van der Waals surface area contributed by atoms with Crippen LogP contribution in [0.2, 0.25) is 5.15 Å². The van der Waals surface area contributed by atoms with Gasteiger partial charge in [-0.1, -0.05) is 17.7 Å². The Morgan fingerprint density at radius 1 is 1.36 bits per heavy atom. The van der Waals surface area contributed by atoms with Gasteiger partial charge < -0.3 is 11.1 Å². The van der Waals surface area contributed by atoms with Gasteiger partial charge in [0.25, 0.3) is 0 Å². The van der Waals surface area contributed by atoms with Crippen LogP contribution in [0.4, 0.5) is 0 Å². The fraction of sp³-hybridized carbons (Fsp3) is 0.500. The van der Waals surface area contributed by atoms with Crippen LogP contribution in [0.1, 0.15) is 18.4 Å². The zero-order chi connectivity index (χ0) is 10.0. The van der Waals surface area contributed by atoms with Crippen LogP contribution < -0.4 is 11.1 Å². The molecule has 0 aromatic carbocycles. The molecule has 0 amide bonds. The summed E-state index contributed by atoms with van der Waals surface area (Å²) in [5.74, 6) is 0. The zero-order valence-corrected chi connectivity index (χ0v) is 8.72. The van der Waals surface area contributed by atoms with E-state index in [0.717, 1.165) is 31.5 Å². The van der Waals surface area contributed by atoms with Gasteiger partial charge in [-0.3, -0.25) is 0 Å². The number of aromatic nitrogens is 1. The highest BCUT2D eigenvalue weighted by atomic mass is 35.5. The van der Waals surface area contributed by atoms with Crippen molar-refractivity contribution in [3.63, 3.8) is 0 Å². The van der Waals surface area contributed by atoms with Crippen molar-refractivity contribution in [2.75, 3.05) is 13.1 Å². The average molecular weight is 212 g/mol. The Kier molecular flexibility index (Phi) is 2.72. The Labute approximate surface area is 88.7 Å². The normalized spacial score (nSPS) is 20.7. The van der Waals surface area contributed by atoms with E-state index >= 15 is 0 Å². The van der Waals surface area contributed by atoms with E-state index in [1.54, 1.807) is 12.3 Å². The number of hydrogen-bond acceptors (Lipinski definition) is 3. The molecular formula is C10H14ClN3. The van der Waals surface area contributed by atoms with Crippen molar-refractivity contribution < 1.29 is 0 Å². The Balaban J connectivity index is 2.23. The first-order valence-electron chi connectivity index (χ1n) is 4.82. The molecule has 1 fully saturated rings. The summed E-state index contributed by atoms with van der Waals surface area (Å²) in [4.78, 5) is 4.06. The predicted molar refractivity (Wildman–Crippen MR) is 57.2 cm³/mol. The predicted octanol–water partition coefficient (Wildman–Crippen LogP) is 1.27. The highest BCUT2D eigenvalue weighted by Gasteiger charge is 2.29. The van der Waals surface area contributed by atoms with Crippen molar-refractivity contribution in [3.05, 3.63) is 29.0 Å². The molecule has 3 nitrogen and oxygen atoms in total. The molecule has 76 valence electrons. The molecule has 0 bridgehead atoms. The van der Waals surface area contributed by atoms with Crippen LogP contribution in [-0.2, 0) is 5.54 Å². The van der Waals surface area contributed by atoms with Crippen LogP contribution in [0.25, 0.3) is 0 Å². The van der Waals surface area contributed by atoms with Gasteiger partial charge in [-0.15, -0.1) is 0 Å². The molecule has 1 saturated heterocycles. The van der Waals surface area contributed by atoms with E-state index in [9.17, 15) is 0 Å². The van der Waals surface area contributed by atoms with Gasteiger partial charge in [0, 0.05) is 11.7 Å². The van der Waals surface area contributed by atoms with Crippen molar-refractivity contribution in [3.8, 4) is 0 Å². The first kappa shape index (κ1) is 9.90. The van der Waals surface area contributed by atoms with Gasteiger partial charge in [0.1, 0.15) is 5.15 Å². The fourth-order valence-electron chi connectivity index (χ4n) is 1.83. The topological polar surface area (TPSA) is 50.9 Å². The summed E-state index contributed by atoms with van der Waals surface area (Å²) in [5, 5.41) is 3.81. The number of nitrogens with zero attached hydrogens (tertiary/aromatic N) is 1. The number of nitrogens with two attached hydrogens (primary N) is 1. The monoisotopic (exact) mass is 211 g/mol. The molecule has 2 rings (SSSR count). The van der Waals surface area contributed by atoms with Crippen LogP contribution in [0.3, 0.4) is 0 Å². The second-order valence-corrected chi connectivity index (χ2v) is 4.16. The lowest BCUT2D eigenvalue weighted by atomic mass is 9.83. The van der Waals surface area contributed by atoms with Gasteiger partial charge in [0.15, 0.2) is 0 Å². The maximum Gasteiger partial charge on any atom is 0.129 e. The number of rotatable bonds is 1. The quantitative estimate of drug-likeness (QED) is 0.688. The molecule has 2 heterocycles. The SMILES string of the molecule is NC1(c2ccc(Cl)nc2)CCNCC1. The Bertz CT molecular complexity index is 304. The van der Waals surface area contributed by atoms with Gasteiger partial charge in [-0.05, 0) is 37.6 Å². The van der Waals surface area contributed by atoms with E-state index in [0.29, 0.717) is 5.15 Å². The number of halogens is 1. The molecule has 0 radical (unpaired) electrons. The van der Waals surface area contributed by atoms with Crippen LogP contribution in [0, 0.1) is 0 Å². The summed E-state index contributed by atoms with van der Waals surface area (Å²) in [6, 6.07) is 3.77. The summed E-state index contributed by atoms with van der Waals surface area (Å²) in [7, 11) is 0. The average Bonchev–Trinajstić information content (AvgIpc) is 2.19. The number of piperidine rings is 1. The van der Waals surface area contributed by atoms with E-state index in [4.69, 9.17) is 17.3 Å². The van der Waals surface area contributed by atoms with E-state index in [1.807, 2.05) is 6.07 Å². The van der Waals surface area contributed by atoms with Crippen LogP contribution >= 0.6 is 11.6 Å². The summed E-state index contributed by atoms with van der Waals surface area (Å²) >= 11 is 5.73. The number of hydrogen-bond donors (Lipinski definition) is 2. The van der Waals surface area contributed by atoms with Gasteiger partial charge in [0.2, 0.25) is 0 Å². The van der Waals surface area contributed by atoms with E-state index in [2.05, 4.69) is 10.3 Å². The highest BCUT2D eigenvalue weighted by Crippen LogP contribution is 2.27. The molecule has 0 spiro atoms. The third-order valence-corrected chi connectivity index (χ3v) is 3.02. The molecular weight excluding hydrogens is 198 g/mol. The standard InChI is InChI=1S/C10H14ClN3/c11-9-2-1-8(7-14-9)10(12)3-5-13-6-4-10/h1-2,7,13H,3-6,12H2. The Hall–Kier alpha value is -0.640. The maximum absolute atomic E-state index is 6.31.